The first-order chi connectivity index (χ1) is 14.1. The molecule has 0 saturated heterocycles. The van der Waals surface area contributed by atoms with Gasteiger partial charge in [0.25, 0.3) is 0 Å². The van der Waals surface area contributed by atoms with Crippen molar-refractivity contribution in [2.45, 2.75) is 112 Å². The van der Waals surface area contributed by atoms with E-state index in [1.165, 1.54) is 51.4 Å². The molecule has 1 aliphatic heterocycles. The average Bonchev–Trinajstić information content (AvgIpc) is 2.66. The van der Waals surface area contributed by atoms with Gasteiger partial charge in [-0.1, -0.05) is 78.7 Å². The summed E-state index contributed by atoms with van der Waals surface area (Å²) in [5, 5.41) is 10.1. The molecule has 1 aromatic carbocycles. The second-order valence-electron chi connectivity index (χ2n) is 10.7. The van der Waals surface area contributed by atoms with Crippen LogP contribution in [-0.4, -0.2) is 10.7 Å². The van der Waals surface area contributed by atoms with E-state index in [1.807, 2.05) is 19.9 Å². The minimum Gasteiger partial charge on any atom is -0.508 e. The Morgan fingerprint density at radius 2 is 1.47 bits per heavy atom. The van der Waals surface area contributed by atoms with E-state index in [2.05, 4.69) is 46.8 Å². The molecule has 0 aliphatic carbocycles. The first-order valence-corrected chi connectivity index (χ1v) is 12.3. The maximum atomic E-state index is 10.1. The van der Waals surface area contributed by atoms with Gasteiger partial charge in [-0.25, -0.2) is 0 Å². The van der Waals surface area contributed by atoms with Gasteiger partial charge in [-0.3, -0.25) is 0 Å². The van der Waals surface area contributed by atoms with Gasteiger partial charge in [-0.2, -0.15) is 0 Å². The van der Waals surface area contributed by atoms with E-state index >= 15 is 0 Å². The summed E-state index contributed by atoms with van der Waals surface area (Å²) < 4.78 is 6.44. The predicted octanol–water partition coefficient (Wildman–Crippen LogP) is 8.61. The molecule has 0 bridgehead atoms. The SMILES string of the molecule is Cc1cc(O)c(C)c2c1OC(C)(CCC[C@H](C)CCC[C@H](C)CCCC(C)C)C=C2. The number of hydrogen-bond donors (Lipinski definition) is 1. The summed E-state index contributed by atoms with van der Waals surface area (Å²) in [4.78, 5) is 0. The van der Waals surface area contributed by atoms with Crippen LogP contribution in [0.25, 0.3) is 6.08 Å². The van der Waals surface area contributed by atoms with Gasteiger partial charge in [0.15, 0.2) is 0 Å². The number of aryl methyl sites for hydroxylation is 1. The fraction of sp³-hybridized carbons (Fsp3) is 0.714. The fourth-order valence-corrected chi connectivity index (χ4v) is 4.68. The highest BCUT2D eigenvalue weighted by Gasteiger charge is 2.29. The smallest absolute Gasteiger partial charge is 0.131 e. The first kappa shape index (κ1) is 24.8. The lowest BCUT2D eigenvalue weighted by Crippen LogP contribution is -2.32. The van der Waals surface area contributed by atoms with Crippen molar-refractivity contribution in [1.29, 1.82) is 0 Å². The van der Waals surface area contributed by atoms with Crippen molar-refractivity contribution in [3.05, 3.63) is 28.8 Å². The molecule has 0 amide bonds. The molecule has 1 N–H and O–H groups in total. The van der Waals surface area contributed by atoms with Gasteiger partial charge >= 0.3 is 0 Å². The van der Waals surface area contributed by atoms with Crippen molar-refractivity contribution >= 4 is 6.08 Å². The van der Waals surface area contributed by atoms with Crippen LogP contribution in [0.5, 0.6) is 11.5 Å². The topological polar surface area (TPSA) is 29.5 Å². The maximum absolute atomic E-state index is 10.1. The third kappa shape index (κ3) is 7.36. The highest BCUT2D eigenvalue weighted by atomic mass is 16.5. The summed E-state index contributed by atoms with van der Waals surface area (Å²) >= 11 is 0. The summed E-state index contributed by atoms with van der Waals surface area (Å²) in [7, 11) is 0. The Morgan fingerprint density at radius 1 is 0.900 bits per heavy atom. The zero-order valence-electron chi connectivity index (χ0n) is 20.7. The number of ether oxygens (including phenoxy) is 1. The molecular formula is C28H46O2. The van der Waals surface area contributed by atoms with Crippen LogP contribution < -0.4 is 4.74 Å². The number of phenols is 1. The van der Waals surface area contributed by atoms with E-state index in [0.29, 0.717) is 5.75 Å². The zero-order chi connectivity index (χ0) is 22.3. The molecule has 0 saturated carbocycles. The average molecular weight is 415 g/mol. The Hall–Kier alpha value is -1.44. The van der Waals surface area contributed by atoms with E-state index in [4.69, 9.17) is 4.74 Å². The van der Waals surface area contributed by atoms with Crippen LogP contribution in [0.3, 0.4) is 0 Å². The Morgan fingerprint density at radius 3 is 2.07 bits per heavy atom. The quantitative estimate of drug-likeness (QED) is 0.371. The molecule has 170 valence electrons. The number of rotatable bonds is 12. The molecule has 0 aromatic heterocycles. The van der Waals surface area contributed by atoms with E-state index in [1.54, 1.807) is 0 Å². The molecule has 2 heteroatoms. The van der Waals surface area contributed by atoms with Crippen molar-refractivity contribution in [3.8, 4) is 11.5 Å². The van der Waals surface area contributed by atoms with Crippen LogP contribution in [0.15, 0.2) is 12.1 Å². The van der Waals surface area contributed by atoms with Gasteiger partial charge in [0.2, 0.25) is 0 Å². The Kier molecular flexibility index (Phi) is 9.31. The molecule has 3 atom stereocenters. The minimum absolute atomic E-state index is 0.244. The third-order valence-corrected chi connectivity index (χ3v) is 6.92. The van der Waals surface area contributed by atoms with Crippen molar-refractivity contribution in [3.63, 3.8) is 0 Å². The van der Waals surface area contributed by atoms with E-state index in [9.17, 15) is 5.11 Å². The molecule has 30 heavy (non-hydrogen) atoms. The molecule has 1 aliphatic rings. The molecule has 1 aromatic rings. The second-order valence-corrected chi connectivity index (χ2v) is 10.7. The molecule has 2 nitrogen and oxygen atoms in total. The molecule has 0 fully saturated rings. The normalized spacial score (nSPS) is 20.1. The number of fused-ring (bicyclic) bond motifs is 1. The summed E-state index contributed by atoms with van der Waals surface area (Å²) in [5.74, 6) is 3.80. The number of benzene rings is 1. The first-order valence-electron chi connectivity index (χ1n) is 12.3. The fourth-order valence-electron chi connectivity index (χ4n) is 4.68. The van der Waals surface area contributed by atoms with E-state index in [0.717, 1.165) is 46.6 Å². The lowest BCUT2D eigenvalue weighted by atomic mass is 9.88. The molecule has 0 spiro atoms. The summed E-state index contributed by atoms with van der Waals surface area (Å²) in [6, 6.07) is 1.82. The zero-order valence-corrected chi connectivity index (χ0v) is 20.7. The van der Waals surface area contributed by atoms with Crippen LogP contribution >= 0.6 is 0 Å². The third-order valence-electron chi connectivity index (χ3n) is 6.92. The summed E-state index contributed by atoms with van der Waals surface area (Å²) in [6.07, 6.45) is 16.1. The van der Waals surface area contributed by atoms with Crippen LogP contribution in [0.1, 0.15) is 109 Å². The largest absolute Gasteiger partial charge is 0.508 e. The van der Waals surface area contributed by atoms with Crippen LogP contribution in [0.4, 0.5) is 0 Å². The van der Waals surface area contributed by atoms with Crippen LogP contribution in [-0.2, 0) is 0 Å². The maximum Gasteiger partial charge on any atom is 0.131 e. The lowest BCUT2D eigenvalue weighted by molar-refractivity contribution is 0.121. The molecule has 2 rings (SSSR count). The Bertz CT molecular complexity index is 703. The van der Waals surface area contributed by atoms with Crippen molar-refractivity contribution in [2.75, 3.05) is 0 Å². The van der Waals surface area contributed by atoms with Gasteiger partial charge in [-0.15, -0.1) is 0 Å². The van der Waals surface area contributed by atoms with Gasteiger partial charge in [0, 0.05) is 11.1 Å². The van der Waals surface area contributed by atoms with Crippen molar-refractivity contribution in [1.82, 2.24) is 0 Å². The number of phenolic OH excluding ortho intramolecular Hbond substituents is 1. The van der Waals surface area contributed by atoms with Crippen molar-refractivity contribution in [2.24, 2.45) is 17.8 Å². The molecule has 1 heterocycles. The minimum atomic E-state index is -0.244. The highest BCUT2D eigenvalue weighted by molar-refractivity contribution is 5.69. The van der Waals surface area contributed by atoms with Gasteiger partial charge < -0.3 is 9.84 Å². The van der Waals surface area contributed by atoms with Crippen LogP contribution in [0.2, 0.25) is 0 Å². The second kappa shape index (κ2) is 11.3. The van der Waals surface area contributed by atoms with Crippen LogP contribution in [0, 0.1) is 31.6 Å². The van der Waals surface area contributed by atoms with Gasteiger partial charge in [-0.05, 0) is 69.1 Å². The van der Waals surface area contributed by atoms with Gasteiger partial charge in [0.05, 0.1) is 0 Å². The summed E-state index contributed by atoms with van der Waals surface area (Å²) in [6.45, 7) is 15.7. The molecule has 0 radical (unpaired) electrons. The standard InChI is InChI=1S/C28H46O2/c1-20(2)11-8-12-21(3)13-9-14-22(4)15-10-17-28(7)18-16-25-24(6)26(29)19-23(5)27(25)30-28/h16,18-22,29H,8-15,17H2,1-7H3/t21-,22-,28?/m1/s1. The van der Waals surface area contributed by atoms with Crippen molar-refractivity contribution < 1.29 is 9.84 Å². The highest BCUT2D eigenvalue weighted by Crippen LogP contribution is 2.41. The Balaban J connectivity index is 1.71. The summed E-state index contributed by atoms with van der Waals surface area (Å²) in [5.41, 5.74) is 2.70. The monoisotopic (exact) mass is 414 g/mol. The van der Waals surface area contributed by atoms with E-state index in [-0.39, 0.29) is 5.60 Å². The number of hydrogen-bond acceptors (Lipinski definition) is 2. The number of aromatic hydroxyl groups is 1. The lowest BCUT2D eigenvalue weighted by Gasteiger charge is -2.33. The Labute approximate surface area is 186 Å². The van der Waals surface area contributed by atoms with Gasteiger partial charge in [0.1, 0.15) is 17.1 Å². The van der Waals surface area contributed by atoms with E-state index < -0.39 is 0 Å². The predicted molar refractivity (Wildman–Crippen MR) is 130 cm³/mol. The molecule has 1 unspecified atom stereocenters. The molecular weight excluding hydrogens is 368 g/mol.